The molecule has 1 amide bonds. The Labute approximate surface area is 142 Å². The highest BCUT2D eigenvalue weighted by Gasteiger charge is 2.17. The summed E-state index contributed by atoms with van der Waals surface area (Å²) in [6.45, 7) is 1.00. The third-order valence-electron chi connectivity index (χ3n) is 4.69. The van der Waals surface area contributed by atoms with Crippen molar-refractivity contribution in [2.45, 2.75) is 19.4 Å². The van der Waals surface area contributed by atoms with Gasteiger partial charge in [0.05, 0.1) is 11.0 Å². The van der Waals surface area contributed by atoms with E-state index in [9.17, 15) is 9.18 Å². The van der Waals surface area contributed by atoms with Gasteiger partial charge in [-0.3, -0.25) is 4.79 Å². The highest BCUT2D eigenvalue weighted by molar-refractivity contribution is 6.06. The van der Waals surface area contributed by atoms with Crippen LogP contribution in [0.2, 0.25) is 0 Å². The van der Waals surface area contributed by atoms with Gasteiger partial charge in [-0.2, -0.15) is 0 Å². The molecule has 2 aromatic carbocycles. The van der Waals surface area contributed by atoms with Crippen LogP contribution in [0.1, 0.15) is 22.7 Å². The Morgan fingerprint density at radius 2 is 2.12 bits per heavy atom. The van der Waals surface area contributed by atoms with Crippen LogP contribution in [-0.4, -0.2) is 20.4 Å². The normalized spacial score (nSPS) is 13.5. The van der Waals surface area contributed by atoms with E-state index in [0.717, 1.165) is 41.8 Å². The summed E-state index contributed by atoms with van der Waals surface area (Å²) in [6, 6.07) is 11.8. The van der Waals surface area contributed by atoms with Gasteiger partial charge in [0, 0.05) is 29.6 Å². The van der Waals surface area contributed by atoms with Crippen molar-refractivity contribution in [3.05, 3.63) is 59.8 Å². The third-order valence-corrected chi connectivity index (χ3v) is 4.69. The minimum atomic E-state index is -0.322. The summed E-state index contributed by atoms with van der Waals surface area (Å²) in [5.41, 5.74) is 3.82. The van der Waals surface area contributed by atoms with E-state index >= 15 is 0 Å². The minimum absolute atomic E-state index is 0.261. The number of H-pyrrole nitrogens is 1. The molecule has 0 aliphatic carbocycles. The van der Waals surface area contributed by atoms with Crippen LogP contribution in [0.5, 0.6) is 0 Å². The van der Waals surface area contributed by atoms with Crippen LogP contribution < -0.4 is 5.32 Å². The average Bonchev–Trinajstić information content (AvgIpc) is 3.27. The Morgan fingerprint density at radius 3 is 3.04 bits per heavy atom. The number of aromatic nitrogens is 3. The minimum Gasteiger partial charge on any atom is -0.351 e. The Kier molecular flexibility index (Phi) is 2.94. The molecule has 4 aromatic rings. The molecule has 124 valence electrons. The van der Waals surface area contributed by atoms with E-state index in [1.807, 2.05) is 18.2 Å². The summed E-state index contributed by atoms with van der Waals surface area (Å²) in [5, 5.41) is 3.55. The molecule has 2 N–H and O–H groups in total. The van der Waals surface area contributed by atoms with Gasteiger partial charge in [-0.05, 0) is 48.9 Å². The Hall–Kier alpha value is -3.15. The Morgan fingerprint density at radius 1 is 1.20 bits per heavy atom. The number of carbonyl (C=O) groups is 1. The van der Waals surface area contributed by atoms with Gasteiger partial charge in [0.25, 0.3) is 5.91 Å². The summed E-state index contributed by atoms with van der Waals surface area (Å²) in [4.78, 5) is 20.1. The Balaban J connectivity index is 1.45. The second-order valence-corrected chi connectivity index (χ2v) is 6.36. The van der Waals surface area contributed by atoms with Gasteiger partial charge >= 0.3 is 0 Å². The number of nitrogens with zero attached hydrogens (tertiary/aromatic N) is 2. The maximum atomic E-state index is 13.3. The molecule has 1 aliphatic rings. The van der Waals surface area contributed by atoms with Crippen LogP contribution >= 0.6 is 0 Å². The molecule has 0 atom stereocenters. The van der Waals surface area contributed by atoms with Crippen molar-refractivity contribution in [1.29, 1.82) is 0 Å². The van der Waals surface area contributed by atoms with Crippen molar-refractivity contribution in [2.75, 3.05) is 5.32 Å². The van der Waals surface area contributed by atoms with Gasteiger partial charge in [0.15, 0.2) is 0 Å². The lowest BCUT2D eigenvalue weighted by molar-refractivity contribution is 0.102. The highest BCUT2D eigenvalue weighted by atomic mass is 19.1. The maximum absolute atomic E-state index is 13.3. The van der Waals surface area contributed by atoms with Gasteiger partial charge in [0.1, 0.15) is 17.3 Å². The summed E-state index contributed by atoms with van der Waals surface area (Å²) < 4.78 is 15.5. The lowest BCUT2D eigenvalue weighted by atomic mass is 10.2. The fourth-order valence-corrected chi connectivity index (χ4v) is 3.52. The molecule has 1 aliphatic heterocycles. The molecule has 2 aromatic heterocycles. The molecule has 5 nitrogen and oxygen atoms in total. The first kappa shape index (κ1) is 14.2. The van der Waals surface area contributed by atoms with E-state index < -0.39 is 0 Å². The lowest BCUT2D eigenvalue weighted by Crippen LogP contribution is -2.12. The van der Waals surface area contributed by atoms with E-state index in [4.69, 9.17) is 0 Å². The number of aryl methyl sites for hydroxylation is 2. The van der Waals surface area contributed by atoms with Crippen molar-refractivity contribution in [3.8, 4) is 0 Å². The van der Waals surface area contributed by atoms with Crippen LogP contribution in [0.4, 0.5) is 10.1 Å². The fourth-order valence-electron chi connectivity index (χ4n) is 3.52. The van der Waals surface area contributed by atoms with Crippen molar-refractivity contribution >= 4 is 33.5 Å². The van der Waals surface area contributed by atoms with Crippen molar-refractivity contribution in [1.82, 2.24) is 14.5 Å². The summed E-state index contributed by atoms with van der Waals surface area (Å²) in [5.74, 6) is 0.524. The molecule has 0 bridgehead atoms. The van der Waals surface area contributed by atoms with Crippen LogP contribution in [0.15, 0.2) is 42.5 Å². The van der Waals surface area contributed by atoms with E-state index in [2.05, 4.69) is 19.9 Å². The molecule has 0 unspecified atom stereocenters. The number of aromatic amines is 1. The number of benzene rings is 2. The maximum Gasteiger partial charge on any atom is 0.272 e. The zero-order valence-corrected chi connectivity index (χ0v) is 13.3. The lowest BCUT2D eigenvalue weighted by Gasteiger charge is -2.04. The van der Waals surface area contributed by atoms with Gasteiger partial charge in [-0.1, -0.05) is 0 Å². The standard InChI is InChI=1S/C19H15FN4O/c20-12-3-5-14-11(8-12)9-16(22-14)19(25)21-13-4-6-17-15(10-13)23-18-2-1-7-24(17)18/h3-6,8-10,22H,1-2,7H2,(H,21,25). The van der Waals surface area contributed by atoms with Crippen LogP contribution in [-0.2, 0) is 13.0 Å². The zero-order chi connectivity index (χ0) is 17.0. The smallest absolute Gasteiger partial charge is 0.272 e. The zero-order valence-electron chi connectivity index (χ0n) is 13.3. The molecule has 0 saturated heterocycles. The number of hydrogen-bond acceptors (Lipinski definition) is 2. The van der Waals surface area contributed by atoms with Crippen LogP contribution in [0, 0.1) is 5.82 Å². The first-order valence-electron chi connectivity index (χ1n) is 8.26. The monoisotopic (exact) mass is 334 g/mol. The molecule has 25 heavy (non-hydrogen) atoms. The first-order valence-corrected chi connectivity index (χ1v) is 8.26. The molecule has 5 rings (SSSR count). The van der Waals surface area contributed by atoms with Gasteiger partial charge in [-0.15, -0.1) is 0 Å². The predicted molar refractivity (Wildman–Crippen MR) is 94.3 cm³/mol. The second kappa shape index (κ2) is 5.17. The number of nitrogens with one attached hydrogen (secondary N) is 2. The predicted octanol–water partition coefficient (Wildman–Crippen LogP) is 3.86. The topological polar surface area (TPSA) is 62.7 Å². The molecule has 0 fully saturated rings. The highest BCUT2D eigenvalue weighted by Crippen LogP contribution is 2.25. The number of amides is 1. The van der Waals surface area contributed by atoms with Crippen molar-refractivity contribution in [2.24, 2.45) is 0 Å². The van der Waals surface area contributed by atoms with Crippen molar-refractivity contribution in [3.63, 3.8) is 0 Å². The van der Waals surface area contributed by atoms with Crippen LogP contribution in [0.25, 0.3) is 21.9 Å². The molecular formula is C19H15FN4O. The molecule has 6 heteroatoms. The molecular weight excluding hydrogens is 319 g/mol. The number of anilines is 1. The number of imidazole rings is 1. The number of hydrogen-bond donors (Lipinski definition) is 2. The van der Waals surface area contributed by atoms with E-state index in [0.29, 0.717) is 16.8 Å². The second-order valence-electron chi connectivity index (χ2n) is 6.36. The Bertz CT molecular complexity index is 1140. The van der Waals surface area contributed by atoms with Crippen LogP contribution in [0.3, 0.4) is 0 Å². The first-order chi connectivity index (χ1) is 12.2. The van der Waals surface area contributed by atoms with E-state index in [1.165, 1.54) is 12.1 Å². The summed E-state index contributed by atoms with van der Waals surface area (Å²) >= 11 is 0. The van der Waals surface area contributed by atoms with E-state index in [1.54, 1.807) is 12.1 Å². The number of fused-ring (bicyclic) bond motifs is 4. The summed E-state index contributed by atoms with van der Waals surface area (Å²) in [7, 11) is 0. The molecule has 3 heterocycles. The van der Waals surface area contributed by atoms with E-state index in [-0.39, 0.29) is 11.7 Å². The molecule has 0 spiro atoms. The fraction of sp³-hybridized carbons (Fsp3) is 0.158. The van der Waals surface area contributed by atoms with Gasteiger partial charge in [-0.25, -0.2) is 9.37 Å². The SMILES string of the molecule is O=C(Nc1ccc2c(c1)nc1n2CCC1)c1cc2cc(F)ccc2[nH]1. The number of carbonyl (C=O) groups excluding carboxylic acids is 1. The largest absolute Gasteiger partial charge is 0.351 e. The van der Waals surface area contributed by atoms with Gasteiger partial charge in [0.2, 0.25) is 0 Å². The molecule has 0 saturated carbocycles. The van der Waals surface area contributed by atoms with Crippen molar-refractivity contribution < 1.29 is 9.18 Å². The molecule has 0 radical (unpaired) electrons. The number of rotatable bonds is 2. The third kappa shape index (κ3) is 2.29. The van der Waals surface area contributed by atoms with Gasteiger partial charge < -0.3 is 14.9 Å². The average molecular weight is 334 g/mol. The summed E-state index contributed by atoms with van der Waals surface area (Å²) in [6.07, 6.45) is 2.14. The number of halogens is 1. The quantitative estimate of drug-likeness (QED) is 0.585.